The van der Waals surface area contributed by atoms with Gasteiger partial charge in [0.25, 0.3) is 0 Å². The van der Waals surface area contributed by atoms with Crippen molar-refractivity contribution in [3.8, 4) is 11.5 Å². The zero-order valence-corrected chi connectivity index (χ0v) is 9.22. The number of nitrogens with one attached hydrogen (secondary N) is 1. The number of hydrogen-bond acceptors (Lipinski definition) is 4. The minimum Gasteiger partial charge on any atom is -0.504 e. The molecule has 0 atom stereocenters. The Hall–Kier alpha value is -1.49. The van der Waals surface area contributed by atoms with Crippen molar-refractivity contribution in [3.63, 3.8) is 0 Å². The minimum atomic E-state index is -0.786. The normalized spacial score (nSPS) is 13.9. The Kier molecular flexibility index (Phi) is 3.95. The molecule has 1 aromatic carbocycles. The lowest BCUT2D eigenvalue weighted by atomic mass is 10.1. The molecule has 0 amide bonds. The van der Waals surface area contributed by atoms with E-state index in [1.54, 1.807) is 0 Å². The highest BCUT2D eigenvalue weighted by Crippen LogP contribution is 2.29. The molecule has 16 heavy (non-hydrogen) atoms. The summed E-state index contributed by atoms with van der Waals surface area (Å²) >= 11 is 0. The molecule has 1 aliphatic heterocycles. The van der Waals surface area contributed by atoms with Gasteiger partial charge < -0.3 is 15.5 Å². The van der Waals surface area contributed by atoms with Crippen LogP contribution in [0.1, 0.15) is 5.56 Å². The second-order valence-electron chi connectivity index (χ2n) is 3.34. The summed E-state index contributed by atoms with van der Waals surface area (Å²) in [6.07, 6.45) is 0.305. The lowest BCUT2D eigenvalue weighted by molar-refractivity contribution is 0.377. The molecule has 0 aliphatic carbocycles. The SMILES string of the molecule is Cl.Oc1ccc(CC2=NCCN2)c(F)c1O. The third kappa shape index (κ3) is 2.36. The van der Waals surface area contributed by atoms with E-state index in [9.17, 15) is 9.50 Å². The van der Waals surface area contributed by atoms with Gasteiger partial charge in [0.1, 0.15) is 5.84 Å². The zero-order chi connectivity index (χ0) is 10.8. The fraction of sp³-hybridized carbons (Fsp3) is 0.300. The average Bonchev–Trinajstić information content (AvgIpc) is 2.72. The van der Waals surface area contributed by atoms with E-state index in [2.05, 4.69) is 10.3 Å². The van der Waals surface area contributed by atoms with Gasteiger partial charge in [0.05, 0.1) is 6.54 Å². The molecule has 0 radical (unpaired) electrons. The largest absolute Gasteiger partial charge is 0.504 e. The van der Waals surface area contributed by atoms with E-state index in [0.717, 1.165) is 6.54 Å². The summed E-state index contributed by atoms with van der Waals surface area (Å²) in [5.41, 5.74) is 0.318. The second kappa shape index (κ2) is 5.03. The monoisotopic (exact) mass is 246 g/mol. The van der Waals surface area contributed by atoms with E-state index < -0.39 is 17.3 Å². The van der Waals surface area contributed by atoms with E-state index in [4.69, 9.17) is 5.11 Å². The third-order valence-corrected chi connectivity index (χ3v) is 2.28. The topological polar surface area (TPSA) is 64.9 Å². The first-order valence-corrected chi connectivity index (χ1v) is 4.65. The summed E-state index contributed by atoms with van der Waals surface area (Å²) in [5.74, 6) is -1.23. The Morgan fingerprint density at radius 3 is 2.75 bits per heavy atom. The number of aromatic hydroxyl groups is 2. The molecular formula is C10H12ClFN2O2. The van der Waals surface area contributed by atoms with E-state index in [1.165, 1.54) is 12.1 Å². The maximum absolute atomic E-state index is 13.4. The van der Waals surface area contributed by atoms with Gasteiger partial charge >= 0.3 is 0 Å². The van der Waals surface area contributed by atoms with Gasteiger partial charge in [-0.1, -0.05) is 6.07 Å². The molecule has 1 aromatic rings. The van der Waals surface area contributed by atoms with Crippen LogP contribution >= 0.6 is 12.4 Å². The smallest absolute Gasteiger partial charge is 0.194 e. The van der Waals surface area contributed by atoms with E-state index in [-0.39, 0.29) is 12.4 Å². The number of aliphatic imine (C=N–C) groups is 1. The van der Waals surface area contributed by atoms with Gasteiger partial charge in [-0.25, -0.2) is 4.39 Å². The summed E-state index contributed by atoms with van der Waals surface area (Å²) in [4.78, 5) is 4.12. The van der Waals surface area contributed by atoms with Crippen LogP contribution in [0.3, 0.4) is 0 Å². The fourth-order valence-electron chi connectivity index (χ4n) is 1.48. The second-order valence-corrected chi connectivity index (χ2v) is 3.34. The average molecular weight is 247 g/mol. The number of amidine groups is 1. The first-order valence-electron chi connectivity index (χ1n) is 4.65. The lowest BCUT2D eigenvalue weighted by Crippen LogP contribution is -2.20. The first-order chi connectivity index (χ1) is 7.18. The number of halogens is 2. The maximum atomic E-state index is 13.4. The van der Waals surface area contributed by atoms with Crippen LogP contribution in [-0.4, -0.2) is 29.1 Å². The standard InChI is InChI=1S/C10H11FN2O2.ClH/c11-9-6(1-2-7(14)10(9)15)5-8-12-3-4-13-8;/h1-2,14-15H,3-5H2,(H,12,13);1H. The molecule has 2 rings (SSSR count). The van der Waals surface area contributed by atoms with Crippen molar-refractivity contribution in [3.05, 3.63) is 23.5 Å². The molecule has 88 valence electrons. The van der Waals surface area contributed by atoms with Gasteiger partial charge in [0, 0.05) is 13.0 Å². The van der Waals surface area contributed by atoms with Crippen LogP contribution in [0.4, 0.5) is 4.39 Å². The van der Waals surface area contributed by atoms with Crippen molar-refractivity contribution in [2.24, 2.45) is 4.99 Å². The molecule has 0 saturated carbocycles. The molecular weight excluding hydrogens is 235 g/mol. The summed E-state index contributed by atoms with van der Waals surface area (Å²) < 4.78 is 13.4. The van der Waals surface area contributed by atoms with Crippen molar-refractivity contribution >= 4 is 18.2 Å². The molecule has 3 N–H and O–H groups in total. The summed E-state index contributed by atoms with van der Waals surface area (Å²) in [5, 5.41) is 21.2. The molecule has 0 aromatic heterocycles. The lowest BCUT2D eigenvalue weighted by Gasteiger charge is -2.06. The molecule has 1 aliphatic rings. The Morgan fingerprint density at radius 2 is 2.12 bits per heavy atom. The van der Waals surface area contributed by atoms with Crippen LogP contribution in [0.5, 0.6) is 11.5 Å². The predicted octanol–water partition coefficient (Wildman–Crippen LogP) is 1.20. The molecule has 1 heterocycles. The quantitative estimate of drug-likeness (QED) is 0.687. The minimum absolute atomic E-state index is 0. The van der Waals surface area contributed by atoms with Crippen molar-refractivity contribution in [2.45, 2.75) is 6.42 Å². The number of phenols is 2. The third-order valence-electron chi connectivity index (χ3n) is 2.28. The highest BCUT2D eigenvalue weighted by Gasteiger charge is 2.14. The van der Waals surface area contributed by atoms with Crippen molar-refractivity contribution < 1.29 is 14.6 Å². The van der Waals surface area contributed by atoms with Gasteiger partial charge in [-0.2, -0.15) is 0 Å². The van der Waals surface area contributed by atoms with Crippen molar-refractivity contribution in [1.29, 1.82) is 0 Å². The highest BCUT2D eigenvalue weighted by molar-refractivity contribution is 5.86. The molecule has 0 spiro atoms. The first kappa shape index (κ1) is 12.6. The van der Waals surface area contributed by atoms with Crippen molar-refractivity contribution in [1.82, 2.24) is 5.32 Å². The molecule has 0 unspecified atom stereocenters. The van der Waals surface area contributed by atoms with Crippen LogP contribution < -0.4 is 5.32 Å². The Balaban J connectivity index is 0.00000128. The fourth-order valence-corrected chi connectivity index (χ4v) is 1.48. The van der Waals surface area contributed by atoms with E-state index >= 15 is 0 Å². The summed E-state index contributed by atoms with van der Waals surface area (Å²) in [6, 6.07) is 2.70. The van der Waals surface area contributed by atoms with Crippen LogP contribution in [0, 0.1) is 5.82 Å². The summed E-state index contributed by atoms with van der Waals surface area (Å²) in [6.45, 7) is 1.46. The summed E-state index contributed by atoms with van der Waals surface area (Å²) in [7, 11) is 0. The van der Waals surface area contributed by atoms with Crippen LogP contribution in [0.2, 0.25) is 0 Å². The molecule has 6 heteroatoms. The Morgan fingerprint density at radius 1 is 1.38 bits per heavy atom. The van der Waals surface area contributed by atoms with Crippen LogP contribution in [0.25, 0.3) is 0 Å². The molecule has 0 saturated heterocycles. The van der Waals surface area contributed by atoms with Crippen LogP contribution in [0.15, 0.2) is 17.1 Å². The molecule has 0 fully saturated rings. The Labute approximate surface area is 98.2 Å². The van der Waals surface area contributed by atoms with Gasteiger partial charge in [-0.3, -0.25) is 4.99 Å². The van der Waals surface area contributed by atoms with Crippen molar-refractivity contribution in [2.75, 3.05) is 13.1 Å². The van der Waals surface area contributed by atoms with E-state index in [1.807, 2.05) is 0 Å². The van der Waals surface area contributed by atoms with Gasteiger partial charge in [0.2, 0.25) is 0 Å². The molecule has 0 bridgehead atoms. The number of hydrogen-bond donors (Lipinski definition) is 3. The van der Waals surface area contributed by atoms with Gasteiger partial charge in [0.15, 0.2) is 17.3 Å². The maximum Gasteiger partial charge on any atom is 0.194 e. The number of phenolic OH excluding ortho intramolecular Hbond substituents is 2. The predicted molar refractivity (Wildman–Crippen MR) is 61.0 cm³/mol. The van der Waals surface area contributed by atoms with Gasteiger partial charge in [-0.05, 0) is 11.6 Å². The van der Waals surface area contributed by atoms with Gasteiger partial charge in [-0.15, -0.1) is 12.4 Å². The Bertz CT molecular complexity index is 424. The number of nitrogens with zero attached hydrogens (tertiary/aromatic N) is 1. The zero-order valence-electron chi connectivity index (χ0n) is 8.40. The van der Waals surface area contributed by atoms with Crippen LogP contribution in [-0.2, 0) is 6.42 Å². The molecule has 4 nitrogen and oxygen atoms in total. The number of rotatable bonds is 2. The van der Waals surface area contributed by atoms with E-state index in [0.29, 0.717) is 24.4 Å². The number of benzene rings is 1. The highest BCUT2D eigenvalue weighted by atomic mass is 35.5.